The summed E-state index contributed by atoms with van der Waals surface area (Å²) in [6.07, 6.45) is 15.8. The molecule has 0 saturated carbocycles. The Kier molecular flexibility index (Phi) is 9.74. The SMILES string of the molecule is COC1C=CC=CC(SCCCCCCCC(=O)N=O)=C1. The third-order valence-corrected chi connectivity index (χ3v) is 4.28. The van der Waals surface area contributed by atoms with Crippen LogP contribution in [0.1, 0.15) is 38.5 Å². The van der Waals surface area contributed by atoms with Gasteiger partial charge in [0.1, 0.15) is 0 Å². The van der Waals surface area contributed by atoms with E-state index in [1.807, 2.05) is 30.0 Å². The molecule has 5 heteroatoms. The van der Waals surface area contributed by atoms with Gasteiger partial charge < -0.3 is 4.74 Å². The van der Waals surface area contributed by atoms with Gasteiger partial charge in [-0.1, -0.05) is 37.5 Å². The van der Waals surface area contributed by atoms with Crippen LogP contribution in [-0.4, -0.2) is 24.9 Å². The third kappa shape index (κ3) is 8.63. The highest BCUT2D eigenvalue weighted by Crippen LogP contribution is 2.22. The maximum atomic E-state index is 10.7. The van der Waals surface area contributed by atoms with Gasteiger partial charge in [0.25, 0.3) is 5.91 Å². The van der Waals surface area contributed by atoms with Crippen molar-refractivity contribution in [1.82, 2.24) is 0 Å². The second-order valence-corrected chi connectivity index (χ2v) is 6.03. The Bertz CT molecular complexity index is 416. The number of carbonyl (C=O) groups excluding carboxylic acids is 1. The van der Waals surface area contributed by atoms with Crippen LogP contribution in [0.5, 0.6) is 0 Å². The van der Waals surface area contributed by atoms with Crippen LogP contribution < -0.4 is 0 Å². The highest BCUT2D eigenvalue weighted by Gasteiger charge is 2.04. The second-order valence-electron chi connectivity index (χ2n) is 4.86. The van der Waals surface area contributed by atoms with Crippen molar-refractivity contribution in [3.8, 4) is 0 Å². The van der Waals surface area contributed by atoms with E-state index in [4.69, 9.17) is 4.74 Å². The average molecular weight is 309 g/mol. The minimum atomic E-state index is -0.529. The van der Waals surface area contributed by atoms with Crippen molar-refractivity contribution in [3.05, 3.63) is 40.2 Å². The number of nitroso groups, excluding NO2 is 1. The van der Waals surface area contributed by atoms with E-state index in [2.05, 4.69) is 17.3 Å². The van der Waals surface area contributed by atoms with Gasteiger partial charge in [0, 0.05) is 23.6 Å². The lowest BCUT2D eigenvalue weighted by Crippen LogP contribution is -2.01. The molecule has 0 spiro atoms. The maximum absolute atomic E-state index is 10.7. The Hall–Kier alpha value is -1.20. The van der Waals surface area contributed by atoms with Crippen LogP contribution in [0.25, 0.3) is 0 Å². The normalized spacial score (nSPS) is 17.4. The lowest BCUT2D eigenvalue weighted by Gasteiger charge is -2.07. The van der Waals surface area contributed by atoms with E-state index in [9.17, 15) is 9.70 Å². The van der Waals surface area contributed by atoms with Crippen LogP contribution in [0.4, 0.5) is 0 Å². The number of unbranched alkanes of at least 4 members (excludes halogenated alkanes) is 4. The van der Waals surface area contributed by atoms with Gasteiger partial charge in [-0.15, -0.1) is 16.7 Å². The number of amides is 1. The topological polar surface area (TPSA) is 55.7 Å². The van der Waals surface area contributed by atoms with Gasteiger partial charge >= 0.3 is 0 Å². The first-order chi connectivity index (χ1) is 10.3. The molecule has 1 aliphatic carbocycles. The fraction of sp³-hybridized carbons (Fsp3) is 0.562. The first-order valence-corrected chi connectivity index (χ1v) is 8.33. The molecule has 1 unspecified atom stereocenters. The summed E-state index contributed by atoms with van der Waals surface area (Å²) in [6.45, 7) is 0. The number of thioether (sulfide) groups is 1. The van der Waals surface area contributed by atoms with E-state index in [0.717, 1.165) is 37.9 Å². The fourth-order valence-electron chi connectivity index (χ4n) is 1.98. The Morgan fingerprint density at radius 1 is 1.24 bits per heavy atom. The van der Waals surface area contributed by atoms with E-state index < -0.39 is 5.91 Å². The Labute approximate surface area is 130 Å². The lowest BCUT2D eigenvalue weighted by atomic mass is 10.1. The number of hydrogen-bond donors (Lipinski definition) is 0. The number of nitrogens with zero attached hydrogens (tertiary/aromatic N) is 1. The maximum Gasteiger partial charge on any atom is 0.286 e. The van der Waals surface area contributed by atoms with Gasteiger partial charge in [0.05, 0.1) is 6.10 Å². The van der Waals surface area contributed by atoms with Crippen molar-refractivity contribution in [2.75, 3.05) is 12.9 Å². The molecule has 0 aromatic heterocycles. The molecule has 21 heavy (non-hydrogen) atoms. The third-order valence-electron chi connectivity index (χ3n) is 3.18. The van der Waals surface area contributed by atoms with Gasteiger partial charge in [-0.05, 0) is 30.7 Å². The summed E-state index contributed by atoms with van der Waals surface area (Å²) >= 11 is 1.85. The van der Waals surface area contributed by atoms with Crippen molar-refractivity contribution in [3.63, 3.8) is 0 Å². The summed E-state index contributed by atoms with van der Waals surface area (Å²) in [5.41, 5.74) is 0. The number of ether oxygens (including phenoxy) is 1. The summed E-state index contributed by atoms with van der Waals surface area (Å²) in [7, 11) is 1.71. The quantitative estimate of drug-likeness (QED) is 0.444. The molecular formula is C16H23NO3S. The van der Waals surface area contributed by atoms with E-state index >= 15 is 0 Å². The Balaban J connectivity index is 2.05. The predicted octanol–water partition coefficient (Wildman–Crippen LogP) is 4.38. The average Bonchev–Trinajstić information content (AvgIpc) is 2.74. The van der Waals surface area contributed by atoms with Crippen molar-refractivity contribution in [2.45, 2.75) is 44.6 Å². The van der Waals surface area contributed by atoms with Crippen LogP contribution in [0.3, 0.4) is 0 Å². The molecule has 0 radical (unpaired) electrons. The predicted molar refractivity (Wildman–Crippen MR) is 88.1 cm³/mol. The zero-order valence-electron chi connectivity index (χ0n) is 12.5. The van der Waals surface area contributed by atoms with Crippen molar-refractivity contribution in [1.29, 1.82) is 0 Å². The lowest BCUT2D eigenvalue weighted by molar-refractivity contribution is -0.118. The Morgan fingerprint density at radius 2 is 2.00 bits per heavy atom. The number of hydrogen-bond acceptors (Lipinski definition) is 4. The van der Waals surface area contributed by atoms with Gasteiger partial charge in [-0.3, -0.25) is 4.79 Å². The molecule has 0 aliphatic heterocycles. The molecule has 4 nitrogen and oxygen atoms in total. The molecular weight excluding hydrogens is 286 g/mol. The molecule has 0 aromatic rings. The summed E-state index contributed by atoms with van der Waals surface area (Å²) in [5, 5.41) is 2.39. The number of allylic oxidation sites excluding steroid dienone is 3. The molecule has 116 valence electrons. The molecule has 0 bridgehead atoms. The van der Waals surface area contributed by atoms with Gasteiger partial charge in [0.2, 0.25) is 0 Å². The monoisotopic (exact) mass is 309 g/mol. The first-order valence-electron chi connectivity index (χ1n) is 7.34. The molecule has 1 rings (SSSR count). The molecule has 0 heterocycles. The van der Waals surface area contributed by atoms with Crippen molar-refractivity contribution < 1.29 is 9.53 Å². The zero-order valence-corrected chi connectivity index (χ0v) is 13.3. The van der Waals surface area contributed by atoms with Gasteiger partial charge in [-0.25, -0.2) is 0 Å². The molecule has 1 amide bonds. The van der Waals surface area contributed by atoms with Crippen LogP contribution in [0.15, 0.2) is 40.5 Å². The first kappa shape index (κ1) is 17.9. The zero-order chi connectivity index (χ0) is 15.3. The van der Waals surface area contributed by atoms with Crippen LogP contribution in [0.2, 0.25) is 0 Å². The number of rotatable bonds is 10. The second kappa shape index (κ2) is 11.5. The van der Waals surface area contributed by atoms with Crippen LogP contribution in [-0.2, 0) is 9.53 Å². The van der Waals surface area contributed by atoms with E-state index in [1.54, 1.807) is 7.11 Å². The summed E-state index contributed by atoms with van der Waals surface area (Å²) in [6, 6.07) is 0. The van der Waals surface area contributed by atoms with Crippen LogP contribution in [0, 0.1) is 4.91 Å². The summed E-state index contributed by atoms with van der Waals surface area (Å²) in [4.78, 5) is 21.8. The smallest absolute Gasteiger partial charge is 0.286 e. The van der Waals surface area contributed by atoms with Crippen molar-refractivity contribution >= 4 is 17.7 Å². The van der Waals surface area contributed by atoms with Crippen LogP contribution >= 0.6 is 11.8 Å². The van der Waals surface area contributed by atoms with Crippen molar-refractivity contribution in [2.24, 2.45) is 5.18 Å². The van der Waals surface area contributed by atoms with Gasteiger partial charge in [-0.2, -0.15) is 0 Å². The van der Waals surface area contributed by atoms with E-state index in [-0.39, 0.29) is 6.10 Å². The largest absolute Gasteiger partial charge is 0.373 e. The molecule has 0 N–H and O–H groups in total. The minimum Gasteiger partial charge on any atom is -0.373 e. The highest BCUT2D eigenvalue weighted by atomic mass is 32.2. The highest BCUT2D eigenvalue weighted by molar-refractivity contribution is 8.03. The number of methoxy groups -OCH3 is 1. The minimum absolute atomic E-state index is 0.0615. The van der Waals surface area contributed by atoms with E-state index in [0.29, 0.717) is 6.42 Å². The molecule has 1 aliphatic rings. The molecule has 0 fully saturated rings. The fourth-order valence-corrected chi connectivity index (χ4v) is 2.97. The number of carbonyl (C=O) groups is 1. The summed E-state index contributed by atoms with van der Waals surface area (Å²) in [5.74, 6) is 0.556. The molecule has 0 aromatic carbocycles. The summed E-state index contributed by atoms with van der Waals surface area (Å²) < 4.78 is 5.33. The van der Waals surface area contributed by atoms with E-state index in [1.165, 1.54) is 4.91 Å². The Morgan fingerprint density at radius 3 is 2.76 bits per heavy atom. The molecule has 0 saturated heterocycles. The van der Waals surface area contributed by atoms with Gasteiger partial charge in [0.15, 0.2) is 0 Å². The molecule has 1 atom stereocenters. The standard InChI is InChI=1S/C16H23NO3S/c1-20-14-9-6-7-10-15(13-14)21-12-8-4-2-3-5-11-16(18)17-19/h6-7,9-10,13-14H,2-5,8,11-12H2,1H3.